The van der Waals surface area contributed by atoms with E-state index in [1.54, 1.807) is 19.0 Å². The lowest BCUT2D eigenvalue weighted by atomic mass is 9.95. The number of hydrogen-bond acceptors (Lipinski definition) is 2. The van der Waals surface area contributed by atoms with Crippen LogP contribution in [0, 0.1) is 5.92 Å². The molecule has 0 aromatic heterocycles. The highest BCUT2D eigenvalue weighted by Crippen LogP contribution is 2.21. The van der Waals surface area contributed by atoms with Gasteiger partial charge in [-0.3, -0.25) is 9.59 Å². The summed E-state index contributed by atoms with van der Waals surface area (Å²) in [6.45, 7) is 1.34. The van der Waals surface area contributed by atoms with Crippen molar-refractivity contribution >= 4 is 23.4 Å². The summed E-state index contributed by atoms with van der Waals surface area (Å²) in [5, 5.41) is 0.714. The molecule has 1 fully saturated rings. The molecule has 4 nitrogen and oxygen atoms in total. The Morgan fingerprint density at radius 1 is 1.23 bits per heavy atom. The smallest absolute Gasteiger partial charge is 0.225 e. The first kappa shape index (κ1) is 16.8. The van der Waals surface area contributed by atoms with Gasteiger partial charge in [0.2, 0.25) is 11.8 Å². The van der Waals surface area contributed by atoms with Gasteiger partial charge in [-0.15, -0.1) is 0 Å². The molecule has 0 unspecified atom stereocenters. The van der Waals surface area contributed by atoms with Crippen molar-refractivity contribution < 1.29 is 9.59 Å². The lowest BCUT2D eigenvalue weighted by Gasteiger charge is -2.32. The summed E-state index contributed by atoms with van der Waals surface area (Å²) in [6.07, 6.45) is 2.65. The van der Waals surface area contributed by atoms with Gasteiger partial charge < -0.3 is 9.80 Å². The standard InChI is InChI=1S/C17H23ClN2O2/c1-19(2)17(22)14-9-11-20(12-10-14)16(21)8-7-13-5-3-4-6-15(13)18/h3-6,14H,7-12H2,1-2H3. The number of amides is 2. The third-order valence-corrected chi connectivity index (χ3v) is 4.57. The first-order valence-corrected chi connectivity index (χ1v) is 8.09. The predicted octanol–water partition coefficient (Wildman–Crippen LogP) is 2.60. The van der Waals surface area contributed by atoms with Crippen LogP contribution in [-0.4, -0.2) is 48.8 Å². The van der Waals surface area contributed by atoms with E-state index in [4.69, 9.17) is 11.6 Å². The molecule has 0 atom stereocenters. The topological polar surface area (TPSA) is 40.6 Å². The maximum absolute atomic E-state index is 12.3. The van der Waals surface area contributed by atoms with Crippen molar-refractivity contribution in [3.05, 3.63) is 34.9 Å². The fourth-order valence-electron chi connectivity index (χ4n) is 2.84. The summed E-state index contributed by atoms with van der Waals surface area (Å²) in [7, 11) is 3.56. The van der Waals surface area contributed by atoms with Gasteiger partial charge in [0.15, 0.2) is 0 Å². The van der Waals surface area contributed by atoms with Crippen molar-refractivity contribution in [1.82, 2.24) is 9.80 Å². The van der Waals surface area contributed by atoms with E-state index in [9.17, 15) is 9.59 Å². The number of nitrogens with zero attached hydrogens (tertiary/aromatic N) is 2. The van der Waals surface area contributed by atoms with Crippen LogP contribution in [0.15, 0.2) is 24.3 Å². The number of carbonyl (C=O) groups excluding carboxylic acids is 2. The first-order chi connectivity index (χ1) is 10.5. The van der Waals surface area contributed by atoms with Gasteiger partial charge in [0, 0.05) is 44.5 Å². The fourth-order valence-corrected chi connectivity index (χ4v) is 3.07. The zero-order chi connectivity index (χ0) is 16.1. The SMILES string of the molecule is CN(C)C(=O)C1CCN(C(=O)CCc2ccccc2Cl)CC1. The third-order valence-electron chi connectivity index (χ3n) is 4.20. The summed E-state index contributed by atoms with van der Waals surface area (Å²) in [4.78, 5) is 27.7. The average Bonchev–Trinajstić information content (AvgIpc) is 2.53. The second kappa shape index (κ2) is 7.63. The van der Waals surface area contributed by atoms with Crippen LogP contribution in [0.1, 0.15) is 24.8 Å². The number of benzene rings is 1. The number of likely N-dealkylation sites (tertiary alicyclic amines) is 1. The monoisotopic (exact) mass is 322 g/mol. The summed E-state index contributed by atoms with van der Waals surface area (Å²) in [5.41, 5.74) is 1.01. The molecule has 2 rings (SSSR count). The van der Waals surface area contributed by atoms with E-state index in [1.807, 2.05) is 29.2 Å². The van der Waals surface area contributed by atoms with Crippen LogP contribution in [0.4, 0.5) is 0 Å². The number of halogens is 1. The Kier molecular flexibility index (Phi) is 5.83. The van der Waals surface area contributed by atoms with Gasteiger partial charge in [-0.1, -0.05) is 29.8 Å². The molecule has 1 saturated heterocycles. The quantitative estimate of drug-likeness (QED) is 0.855. The number of hydrogen-bond donors (Lipinski definition) is 0. The van der Waals surface area contributed by atoms with Crippen molar-refractivity contribution in [2.75, 3.05) is 27.2 Å². The molecule has 120 valence electrons. The lowest BCUT2D eigenvalue weighted by Crippen LogP contribution is -2.42. The molecule has 2 amide bonds. The van der Waals surface area contributed by atoms with Gasteiger partial charge in [-0.05, 0) is 30.9 Å². The highest BCUT2D eigenvalue weighted by Gasteiger charge is 2.27. The van der Waals surface area contributed by atoms with E-state index < -0.39 is 0 Å². The fraction of sp³-hybridized carbons (Fsp3) is 0.529. The predicted molar refractivity (Wildman–Crippen MR) is 87.8 cm³/mol. The van der Waals surface area contributed by atoms with Gasteiger partial charge in [-0.2, -0.15) is 0 Å². The van der Waals surface area contributed by atoms with Crippen molar-refractivity contribution in [2.24, 2.45) is 5.92 Å². The summed E-state index contributed by atoms with van der Waals surface area (Å²) in [5.74, 6) is 0.376. The molecule has 22 heavy (non-hydrogen) atoms. The molecule has 0 aliphatic carbocycles. The Hall–Kier alpha value is -1.55. The second-order valence-corrected chi connectivity index (χ2v) is 6.39. The number of rotatable bonds is 4. The molecule has 0 spiro atoms. The summed E-state index contributed by atoms with van der Waals surface area (Å²) >= 11 is 6.11. The van der Waals surface area contributed by atoms with Crippen LogP contribution >= 0.6 is 11.6 Å². The third kappa shape index (κ3) is 4.23. The molecule has 0 saturated carbocycles. The van der Waals surface area contributed by atoms with Crippen LogP contribution in [0.3, 0.4) is 0 Å². The highest BCUT2D eigenvalue weighted by molar-refractivity contribution is 6.31. The van der Waals surface area contributed by atoms with Crippen molar-refractivity contribution in [1.29, 1.82) is 0 Å². The molecule has 1 aliphatic rings. The summed E-state index contributed by atoms with van der Waals surface area (Å²) in [6, 6.07) is 7.63. The van der Waals surface area contributed by atoms with E-state index in [0.29, 0.717) is 31.0 Å². The summed E-state index contributed by atoms with van der Waals surface area (Å²) < 4.78 is 0. The van der Waals surface area contributed by atoms with E-state index in [-0.39, 0.29) is 17.7 Å². The first-order valence-electron chi connectivity index (χ1n) is 7.71. The molecule has 0 bridgehead atoms. The molecular weight excluding hydrogens is 300 g/mol. The lowest BCUT2D eigenvalue weighted by molar-refractivity contribution is -0.139. The van der Waals surface area contributed by atoms with E-state index in [2.05, 4.69) is 0 Å². The van der Waals surface area contributed by atoms with Crippen molar-refractivity contribution in [2.45, 2.75) is 25.7 Å². The molecule has 1 heterocycles. The Bertz CT molecular complexity index is 537. The molecule has 1 aliphatic heterocycles. The van der Waals surface area contributed by atoms with E-state index >= 15 is 0 Å². The van der Waals surface area contributed by atoms with Crippen LogP contribution < -0.4 is 0 Å². The van der Waals surface area contributed by atoms with Crippen LogP contribution in [0.2, 0.25) is 5.02 Å². The minimum Gasteiger partial charge on any atom is -0.349 e. The maximum atomic E-state index is 12.3. The van der Waals surface area contributed by atoms with Crippen molar-refractivity contribution in [3.63, 3.8) is 0 Å². The van der Waals surface area contributed by atoms with Crippen LogP contribution in [0.5, 0.6) is 0 Å². The number of carbonyl (C=O) groups is 2. The van der Waals surface area contributed by atoms with Gasteiger partial charge in [0.1, 0.15) is 0 Å². The van der Waals surface area contributed by atoms with Gasteiger partial charge in [-0.25, -0.2) is 0 Å². The van der Waals surface area contributed by atoms with E-state index in [1.165, 1.54) is 0 Å². The molecule has 0 radical (unpaired) electrons. The number of piperidine rings is 1. The number of aryl methyl sites for hydroxylation is 1. The molecule has 5 heteroatoms. The molecule has 1 aromatic carbocycles. The Balaban J connectivity index is 1.80. The van der Waals surface area contributed by atoms with Crippen LogP contribution in [0.25, 0.3) is 0 Å². The van der Waals surface area contributed by atoms with E-state index in [0.717, 1.165) is 18.4 Å². The zero-order valence-electron chi connectivity index (χ0n) is 13.2. The second-order valence-electron chi connectivity index (χ2n) is 5.98. The molecular formula is C17H23ClN2O2. The maximum Gasteiger partial charge on any atom is 0.225 e. The van der Waals surface area contributed by atoms with Gasteiger partial charge in [0.25, 0.3) is 0 Å². The van der Waals surface area contributed by atoms with Gasteiger partial charge in [0.05, 0.1) is 0 Å². The molecule has 1 aromatic rings. The largest absolute Gasteiger partial charge is 0.349 e. The highest BCUT2D eigenvalue weighted by atomic mass is 35.5. The van der Waals surface area contributed by atoms with Crippen molar-refractivity contribution in [3.8, 4) is 0 Å². The Morgan fingerprint density at radius 2 is 1.86 bits per heavy atom. The molecule has 0 N–H and O–H groups in total. The normalized spacial score (nSPS) is 15.7. The van der Waals surface area contributed by atoms with Crippen LogP contribution in [-0.2, 0) is 16.0 Å². The Morgan fingerprint density at radius 3 is 2.45 bits per heavy atom. The average molecular weight is 323 g/mol. The zero-order valence-corrected chi connectivity index (χ0v) is 14.0. The Labute approximate surface area is 137 Å². The van der Waals surface area contributed by atoms with Gasteiger partial charge >= 0.3 is 0 Å². The minimum atomic E-state index is 0.0580. The minimum absolute atomic E-state index is 0.0580.